The highest BCUT2D eigenvalue weighted by molar-refractivity contribution is 6.31. The second kappa shape index (κ2) is 7.99. The summed E-state index contributed by atoms with van der Waals surface area (Å²) in [6.07, 6.45) is -0.399. The first kappa shape index (κ1) is 15.8. The van der Waals surface area contributed by atoms with Crippen molar-refractivity contribution in [2.45, 2.75) is 13.0 Å². The molecule has 19 heavy (non-hydrogen) atoms. The highest BCUT2D eigenvalue weighted by Gasteiger charge is 2.12. The van der Waals surface area contributed by atoms with Crippen molar-refractivity contribution < 1.29 is 14.6 Å². The molecule has 0 heterocycles. The number of hydrogen-bond acceptors (Lipinski definition) is 4. The van der Waals surface area contributed by atoms with Crippen LogP contribution in [0.5, 0.6) is 5.75 Å². The fourth-order valence-corrected chi connectivity index (χ4v) is 1.70. The third kappa shape index (κ3) is 5.46. The van der Waals surface area contributed by atoms with Crippen molar-refractivity contribution in [1.82, 2.24) is 10.6 Å². The van der Waals surface area contributed by atoms with E-state index in [4.69, 9.17) is 21.4 Å². The number of nitrogens with one attached hydrogen (secondary N) is 2. The van der Waals surface area contributed by atoms with E-state index in [1.165, 1.54) is 7.11 Å². The van der Waals surface area contributed by atoms with Gasteiger partial charge >= 0.3 is 0 Å². The maximum absolute atomic E-state index is 11.9. The molecular weight excluding hydrogens is 268 g/mol. The van der Waals surface area contributed by atoms with Crippen molar-refractivity contribution in [3.8, 4) is 5.75 Å². The molecule has 0 saturated heterocycles. The van der Waals surface area contributed by atoms with Gasteiger partial charge in [0, 0.05) is 24.7 Å². The number of halogens is 1. The van der Waals surface area contributed by atoms with Crippen LogP contribution in [-0.2, 0) is 0 Å². The summed E-state index contributed by atoms with van der Waals surface area (Å²) in [7, 11) is 1.50. The maximum atomic E-state index is 11.9. The molecule has 1 rings (SSSR count). The van der Waals surface area contributed by atoms with Gasteiger partial charge < -0.3 is 20.5 Å². The Morgan fingerprint density at radius 3 is 2.84 bits per heavy atom. The van der Waals surface area contributed by atoms with E-state index in [1.807, 2.05) is 0 Å². The number of methoxy groups -OCH3 is 1. The summed E-state index contributed by atoms with van der Waals surface area (Å²) in [5, 5.41) is 15.3. The van der Waals surface area contributed by atoms with Crippen molar-refractivity contribution >= 4 is 17.5 Å². The van der Waals surface area contributed by atoms with Gasteiger partial charge in [0.2, 0.25) is 0 Å². The van der Waals surface area contributed by atoms with Crippen molar-refractivity contribution in [2.75, 3.05) is 26.7 Å². The summed E-state index contributed by atoms with van der Waals surface area (Å²) in [5.41, 5.74) is 0.408. The minimum absolute atomic E-state index is 0.238. The maximum Gasteiger partial charge on any atom is 0.255 e. The molecule has 3 N–H and O–H groups in total. The van der Waals surface area contributed by atoms with Crippen LogP contribution < -0.4 is 15.4 Å². The van der Waals surface area contributed by atoms with Gasteiger partial charge in [0.25, 0.3) is 5.91 Å². The summed E-state index contributed by atoms with van der Waals surface area (Å²) < 4.78 is 5.11. The number of carbonyl (C=O) groups excluding carboxylic acids is 1. The first-order valence-electron chi connectivity index (χ1n) is 6.05. The Labute approximate surface area is 117 Å². The number of ether oxygens (including phenoxy) is 1. The number of rotatable bonds is 7. The van der Waals surface area contributed by atoms with Crippen LogP contribution in [0.4, 0.5) is 0 Å². The van der Waals surface area contributed by atoms with Crippen LogP contribution in [0.15, 0.2) is 18.2 Å². The molecule has 0 bridgehead atoms. The molecule has 0 saturated carbocycles. The van der Waals surface area contributed by atoms with E-state index in [2.05, 4.69) is 10.6 Å². The van der Waals surface area contributed by atoms with Crippen LogP contribution in [0.2, 0.25) is 5.02 Å². The normalized spacial score (nSPS) is 12.0. The number of carbonyl (C=O) groups is 1. The Kier molecular flexibility index (Phi) is 6.62. The molecule has 0 aliphatic carbocycles. The predicted molar refractivity (Wildman–Crippen MR) is 74.9 cm³/mol. The predicted octanol–water partition coefficient (Wildman–Crippen LogP) is 1.05. The molecule has 5 nitrogen and oxygen atoms in total. The van der Waals surface area contributed by atoms with Crippen molar-refractivity contribution in [3.63, 3.8) is 0 Å². The monoisotopic (exact) mass is 286 g/mol. The lowest BCUT2D eigenvalue weighted by molar-refractivity contribution is 0.0950. The second-order valence-electron chi connectivity index (χ2n) is 4.15. The molecule has 0 radical (unpaired) electrons. The van der Waals surface area contributed by atoms with E-state index in [1.54, 1.807) is 25.1 Å². The quantitative estimate of drug-likeness (QED) is 0.655. The number of aliphatic hydroxyl groups excluding tert-OH is 1. The lowest BCUT2D eigenvalue weighted by Crippen LogP contribution is -2.34. The molecule has 1 atom stereocenters. The van der Waals surface area contributed by atoms with Gasteiger partial charge in [0.1, 0.15) is 5.75 Å². The van der Waals surface area contributed by atoms with Crippen LogP contribution >= 0.6 is 11.6 Å². The molecule has 0 spiro atoms. The fourth-order valence-electron chi connectivity index (χ4n) is 1.53. The molecule has 106 valence electrons. The summed E-state index contributed by atoms with van der Waals surface area (Å²) in [6.45, 7) is 3.24. The standard InChI is InChI=1S/C13H19ClN2O3/c1-9(17)8-15-5-6-16-13(18)11-7-10(14)3-4-12(11)19-2/h3-4,7,9,15,17H,5-6,8H2,1-2H3,(H,16,18). The Balaban J connectivity index is 2.47. The molecule has 1 unspecified atom stereocenters. The average Bonchev–Trinajstić information content (AvgIpc) is 2.37. The molecule has 1 aromatic carbocycles. The Morgan fingerprint density at radius 1 is 1.47 bits per heavy atom. The van der Waals surface area contributed by atoms with Gasteiger partial charge in [-0.25, -0.2) is 0 Å². The van der Waals surface area contributed by atoms with Gasteiger partial charge in [-0.1, -0.05) is 11.6 Å². The third-order valence-corrected chi connectivity index (χ3v) is 2.67. The van der Waals surface area contributed by atoms with Crippen LogP contribution in [0.25, 0.3) is 0 Å². The summed E-state index contributed by atoms with van der Waals surface area (Å²) in [4.78, 5) is 11.9. The zero-order chi connectivity index (χ0) is 14.3. The van der Waals surface area contributed by atoms with Crippen LogP contribution in [-0.4, -0.2) is 43.9 Å². The van der Waals surface area contributed by atoms with E-state index in [9.17, 15) is 4.79 Å². The average molecular weight is 287 g/mol. The number of amides is 1. The summed E-state index contributed by atoms with van der Waals surface area (Å²) in [5.74, 6) is 0.247. The second-order valence-corrected chi connectivity index (χ2v) is 4.59. The van der Waals surface area contributed by atoms with E-state index < -0.39 is 6.10 Å². The molecule has 1 amide bonds. The Bertz CT molecular complexity index is 424. The largest absolute Gasteiger partial charge is 0.496 e. The lowest BCUT2D eigenvalue weighted by Gasteiger charge is -2.10. The molecule has 6 heteroatoms. The Hall–Kier alpha value is -1.30. The molecular formula is C13H19ClN2O3. The SMILES string of the molecule is COc1ccc(Cl)cc1C(=O)NCCNCC(C)O. The first-order chi connectivity index (χ1) is 9.04. The zero-order valence-corrected chi connectivity index (χ0v) is 11.8. The van der Waals surface area contributed by atoms with Gasteiger partial charge in [-0.05, 0) is 25.1 Å². The van der Waals surface area contributed by atoms with E-state index in [-0.39, 0.29) is 5.91 Å². The van der Waals surface area contributed by atoms with E-state index >= 15 is 0 Å². The number of aliphatic hydroxyl groups is 1. The zero-order valence-electron chi connectivity index (χ0n) is 11.1. The first-order valence-corrected chi connectivity index (χ1v) is 6.43. The minimum atomic E-state index is -0.399. The van der Waals surface area contributed by atoms with Crippen molar-refractivity contribution in [3.05, 3.63) is 28.8 Å². The number of hydrogen-bond donors (Lipinski definition) is 3. The van der Waals surface area contributed by atoms with Gasteiger partial charge in [0.15, 0.2) is 0 Å². The third-order valence-electron chi connectivity index (χ3n) is 2.43. The van der Waals surface area contributed by atoms with Crippen LogP contribution in [0, 0.1) is 0 Å². The van der Waals surface area contributed by atoms with Crippen molar-refractivity contribution in [1.29, 1.82) is 0 Å². The summed E-state index contributed by atoms with van der Waals surface area (Å²) in [6, 6.07) is 4.89. The highest BCUT2D eigenvalue weighted by Crippen LogP contribution is 2.22. The van der Waals surface area contributed by atoms with E-state index in [0.29, 0.717) is 36.0 Å². The molecule has 0 aliphatic rings. The molecule has 0 aliphatic heterocycles. The summed E-state index contributed by atoms with van der Waals surface area (Å²) >= 11 is 5.86. The molecule has 0 fully saturated rings. The lowest BCUT2D eigenvalue weighted by atomic mass is 10.2. The molecule has 1 aromatic rings. The Morgan fingerprint density at radius 2 is 2.21 bits per heavy atom. The van der Waals surface area contributed by atoms with Crippen LogP contribution in [0.1, 0.15) is 17.3 Å². The minimum Gasteiger partial charge on any atom is -0.496 e. The van der Waals surface area contributed by atoms with Crippen molar-refractivity contribution in [2.24, 2.45) is 0 Å². The fraction of sp³-hybridized carbons (Fsp3) is 0.462. The number of benzene rings is 1. The van der Waals surface area contributed by atoms with E-state index in [0.717, 1.165) is 0 Å². The van der Waals surface area contributed by atoms with Gasteiger partial charge in [0.05, 0.1) is 18.8 Å². The smallest absolute Gasteiger partial charge is 0.255 e. The molecule has 0 aromatic heterocycles. The van der Waals surface area contributed by atoms with Gasteiger partial charge in [-0.3, -0.25) is 4.79 Å². The van der Waals surface area contributed by atoms with Gasteiger partial charge in [-0.15, -0.1) is 0 Å². The van der Waals surface area contributed by atoms with Crippen LogP contribution in [0.3, 0.4) is 0 Å². The van der Waals surface area contributed by atoms with Gasteiger partial charge in [-0.2, -0.15) is 0 Å². The topological polar surface area (TPSA) is 70.6 Å². The highest BCUT2D eigenvalue weighted by atomic mass is 35.5.